The Balaban J connectivity index is 1.96. The Kier molecular flexibility index (Phi) is 8.81. The molecule has 1 fully saturated rings. The van der Waals surface area contributed by atoms with Gasteiger partial charge in [0, 0.05) is 11.7 Å². The molecule has 9 heteroatoms. The van der Waals surface area contributed by atoms with Crippen LogP contribution in [0.25, 0.3) is 0 Å². The number of amides is 3. The van der Waals surface area contributed by atoms with E-state index < -0.39 is 42.2 Å². The number of aliphatic hydroxyl groups is 1. The Bertz CT molecular complexity index is 1110. The van der Waals surface area contributed by atoms with Gasteiger partial charge in [-0.2, -0.15) is 0 Å². The summed E-state index contributed by atoms with van der Waals surface area (Å²) in [6.07, 6.45) is -0.118. The van der Waals surface area contributed by atoms with Gasteiger partial charge in [-0.1, -0.05) is 36.8 Å². The van der Waals surface area contributed by atoms with Crippen molar-refractivity contribution in [3.63, 3.8) is 0 Å². The highest BCUT2D eigenvalue weighted by molar-refractivity contribution is 5.99. The number of hydrogen-bond donors (Lipinski definition) is 3. The zero-order chi connectivity index (χ0) is 27.3. The van der Waals surface area contributed by atoms with Crippen LogP contribution in [-0.2, 0) is 14.3 Å². The predicted octanol–water partition coefficient (Wildman–Crippen LogP) is 3.81. The molecule has 3 amide bonds. The van der Waals surface area contributed by atoms with E-state index >= 15 is 0 Å². The molecule has 0 aliphatic heterocycles. The lowest BCUT2D eigenvalue weighted by atomic mass is 10.0. The van der Waals surface area contributed by atoms with Crippen molar-refractivity contribution in [2.45, 2.75) is 64.8 Å². The number of nitrogens with one attached hydrogen (secondary N) is 2. The molecule has 0 bridgehead atoms. The van der Waals surface area contributed by atoms with Crippen LogP contribution in [0.5, 0.6) is 5.75 Å². The normalized spacial score (nSPS) is 18.2. The summed E-state index contributed by atoms with van der Waals surface area (Å²) in [6, 6.07) is 11.8. The van der Waals surface area contributed by atoms with Crippen LogP contribution in [0.15, 0.2) is 48.5 Å². The summed E-state index contributed by atoms with van der Waals surface area (Å²) in [5.74, 6) is -0.155. The maximum Gasteiger partial charge on any atom is 0.408 e. The van der Waals surface area contributed by atoms with Gasteiger partial charge in [-0.15, -0.1) is 0 Å². The van der Waals surface area contributed by atoms with E-state index in [9.17, 15) is 19.5 Å². The number of rotatable bonds is 9. The minimum Gasteiger partial charge on any atom is -0.497 e. The summed E-state index contributed by atoms with van der Waals surface area (Å²) in [5.41, 5.74) is 1.33. The maximum absolute atomic E-state index is 13.8. The van der Waals surface area contributed by atoms with E-state index in [0.29, 0.717) is 23.4 Å². The first kappa shape index (κ1) is 28.0. The average molecular weight is 512 g/mol. The first-order valence-electron chi connectivity index (χ1n) is 12.4. The number of aryl methyl sites for hydroxylation is 1. The van der Waals surface area contributed by atoms with Crippen molar-refractivity contribution in [3.8, 4) is 5.75 Å². The fraction of sp³-hybridized carbons (Fsp3) is 0.464. The van der Waals surface area contributed by atoms with Crippen LogP contribution in [0.2, 0.25) is 0 Å². The molecule has 200 valence electrons. The highest BCUT2D eigenvalue weighted by atomic mass is 16.6. The van der Waals surface area contributed by atoms with Gasteiger partial charge in [0.25, 0.3) is 5.91 Å². The molecule has 1 saturated carbocycles. The molecule has 3 rings (SSSR count). The van der Waals surface area contributed by atoms with Crippen molar-refractivity contribution in [2.24, 2.45) is 5.92 Å². The quantitative estimate of drug-likeness (QED) is 0.471. The second kappa shape index (κ2) is 11.6. The Morgan fingerprint density at radius 3 is 2.30 bits per heavy atom. The lowest BCUT2D eigenvalue weighted by molar-refractivity contribution is -0.142. The van der Waals surface area contributed by atoms with Crippen LogP contribution in [0, 0.1) is 12.8 Å². The van der Waals surface area contributed by atoms with Crippen LogP contribution in [0.1, 0.15) is 51.3 Å². The smallest absolute Gasteiger partial charge is 0.408 e. The van der Waals surface area contributed by atoms with E-state index in [-0.39, 0.29) is 12.0 Å². The molecule has 9 nitrogen and oxygen atoms in total. The Hall–Kier alpha value is -3.59. The van der Waals surface area contributed by atoms with Gasteiger partial charge in [0.1, 0.15) is 23.4 Å². The number of carbonyl (C=O) groups is 3. The van der Waals surface area contributed by atoms with Gasteiger partial charge in [-0.3, -0.25) is 9.59 Å². The number of benzene rings is 2. The third kappa shape index (κ3) is 7.45. The molecule has 37 heavy (non-hydrogen) atoms. The van der Waals surface area contributed by atoms with Gasteiger partial charge < -0.3 is 30.1 Å². The van der Waals surface area contributed by atoms with Crippen LogP contribution in [0.3, 0.4) is 0 Å². The van der Waals surface area contributed by atoms with E-state index in [2.05, 4.69) is 10.6 Å². The largest absolute Gasteiger partial charge is 0.497 e. The van der Waals surface area contributed by atoms with Crippen molar-refractivity contribution >= 4 is 23.6 Å². The molecule has 2 aromatic carbocycles. The molecule has 1 aliphatic carbocycles. The van der Waals surface area contributed by atoms with Crippen molar-refractivity contribution in [2.75, 3.05) is 19.0 Å². The highest BCUT2D eigenvalue weighted by Crippen LogP contribution is 2.41. The molecule has 2 aromatic rings. The standard InChI is InChI=1S/C28H37N3O6/c1-17-8-7-9-19(14-17)24(25(33)29-20-10-12-21(36-6)13-11-20)31(23-15-18(23)2)26(34)22(16-32)30-27(35)37-28(3,4)5/h7-14,18,22-24,32H,15-16H2,1-6H3,(H,29,33)(H,30,35). The van der Waals surface area contributed by atoms with Crippen LogP contribution < -0.4 is 15.4 Å². The number of aliphatic hydroxyl groups excluding tert-OH is 1. The zero-order valence-electron chi connectivity index (χ0n) is 22.3. The van der Waals surface area contributed by atoms with Gasteiger partial charge in [0.15, 0.2) is 0 Å². The molecular formula is C28H37N3O6. The van der Waals surface area contributed by atoms with E-state index in [1.807, 2.05) is 32.0 Å². The van der Waals surface area contributed by atoms with Gasteiger partial charge in [0.2, 0.25) is 5.91 Å². The molecule has 0 radical (unpaired) electrons. The van der Waals surface area contributed by atoms with Gasteiger partial charge in [-0.05, 0) is 69.9 Å². The minimum atomic E-state index is -1.27. The molecule has 0 aromatic heterocycles. The number of methoxy groups -OCH3 is 1. The number of hydrogen-bond acceptors (Lipinski definition) is 6. The maximum atomic E-state index is 13.8. The van der Waals surface area contributed by atoms with Crippen molar-refractivity contribution in [3.05, 3.63) is 59.7 Å². The minimum absolute atomic E-state index is 0.158. The number of nitrogens with zero attached hydrogens (tertiary/aromatic N) is 1. The highest BCUT2D eigenvalue weighted by Gasteiger charge is 2.48. The second-order valence-corrected chi connectivity index (χ2v) is 10.4. The lowest BCUT2D eigenvalue weighted by Crippen LogP contribution is -2.54. The molecular weight excluding hydrogens is 474 g/mol. The second-order valence-electron chi connectivity index (χ2n) is 10.4. The SMILES string of the molecule is COc1ccc(NC(=O)C(c2cccc(C)c2)N(C(=O)C(CO)NC(=O)OC(C)(C)C)C2CC2C)cc1. The number of ether oxygens (including phenoxy) is 2. The predicted molar refractivity (Wildman–Crippen MR) is 140 cm³/mol. The van der Waals surface area contributed by atoms with Crippen molar-refractivity contribution in [1.82, 2.24) is 10.2 Å². The topological polar surface area (TPSA) is 117 Å². The summed E-state index contributed by atoms with van der Waals surface area (Å²) in [5, 5.41) is 15.4. The lowest BCUT2D eigenvalue weighted by Gasteiger charge is -2.34. The molecule has 0 heterocycles. The molecule has 1 aliphatic rings. The summed E-state index contributed by atoms with van der Waals surface area (Å²) < 4.78 is 10.5. The summed E-state index contributed by atoms with van der Waals surface area (Å²) in [7, 11) is 1.56. The molecule has 3 N–H and O–H groups in total. The van der Waals surface area contributed by atoms with E-state index in [1.165, 1.54) is 4.90 Å². The molecule has 4 unspecified atom stereocenters. The van der Waals surface area contributed by atoms with Crippen LogP contribution in [0.4, 0.5) is 10.5 Å². The summed E-state index contributed by atoms with van der Waals surface area (Å²) in [6.45, 7) is 8.38. The monoisotopic (exact) mass is 511 g/mol. The van der Waals surface area contributed by atoms with E-state index in [0.717, 1.165) is 5.56 Å². The molecule has 0 saturated heterocycles. The third-order valence-electron chi connectivity index (χ3n) is 6.09. The van der Waals surface area contributed by atoms with Crippen molar-refractivity contribution in [1.29, 1.82) is 0 Å². The third-order valence-corrected chi connectivity index (χ3v) is 6.09. The van der Waals surface area contributed by atoms with E-state index in [4.69, 9.17) is 9.47 Å². The fourth-order valence-electron chi connectivity index (χ4n) is 4.15. The molecule has 0 spiro atoms. The first-order valence-corrected chi connectivity index (χ1v) is 12.4. The fourth-order valence-corrected chi connectivity index (χ4v) is 4.15. The average Bonchev–Trinajstić information content (AvgIpc) is 3.55. The number of alkyl carbamates (subject to hydrolysis) is 1. The zero-order valence-corrected chi connectivity index (χ0v) is 22.3. The number of carbonyl (C=O) groups excluding carboxylic acids is 3. The van der Waals surface area contributed by atoms with Crippen LogP contribution in [-0.4, -0.2) is 59.3 Å². The Labute approximate surface area is 218 Å². The van der Waals surface area contributed by atoms with Crippen LogP contribution >= 0.6 is 0 Å². The summed E-state index contributed by atoms with van der Waals surface area (Å²) >= 11 is 0. The Morgan fingerprint density at radius 2 is 1.78 bits per heavy atom. The summed E-state index contributed by atoms with van der Waals surface area (Å²) in [4.78, 5) is 41.5. The van der Waals surface area contributed by atoms with Gasteiger partial charge in [-0.25, -0.2) is 4.79 Å². The van der Waals surface area contributed by atoms with Gasteiger partial charge in [0.05, 0.1) is 13.7 Å². The molecule has 4 atom stereocenters. The first-order chi connectivity index (χ1) is 17.4. The Morgan fingerprint density at radius 1 is 1.14 bits per heavy atom. The number of anilines is 1. The van der Waals surface area contributed by atoms with E-state index in [1.54, 1.807) is 58.2 Å². The van der Waals surface area contributed by atoms with Gasteiger partial charge >= 0.3 is 6.09 Å². The van der Waals surface area contributed by atoms with Crippen molar-refractivity contribution < 1.29 is 29.0 Å².